The summed E-state index contributed by atoms with van der Waals surface area (Å²) in [4.78, 5) is 16.5. The maximum atomic E-state index is 13.7. The summed E-state index contributed by atoms with van der Waals surface area (Å²) in [5.41, 5.74) is 2.41. The molecule has 22 heavy (non-hydrogen) atoms. The third-order valence-corrected chi connectivity index (χ3v) is 3.66. The standard InChI is InChI=1S/C16H13ClFN3O/c1-10-4-3-7-21-9-11(20-15(10)21)8-19-16(22)14-12(17)5-2-6-13(14)18/h2-7,9H,8H2,1H3,(H,19,22). The molecule has 0 spiro atoms. The molecule has 3 rings (SSSR count). The third-order valence-electron chi connectivity index (χ3n) is 3.35. The highest BCUT2D eigenvalue weighted by atomic mass is 35.5. The van der Waals surface area contributed by atoms with Crippen LogP contribution < -0.4 is 5.32 Å². The van der Waals surface area contributed by atoms with Gasteiger partial charge in [-0.1, -0.05) is 23.7 Å². The maximum absolute atomic E-state index is 13.7. The van der Waals surface area contributed by atoms with Gasteiger partial charge in [-0.25, -0.2) is 9.37 Å². The van der Waals surface area contributed by atoms with Crippen molar-refractivity contribution in [2.45, 2.75) is 13.5 Å². The number of benzene rings is 1. The highest BCUT2D eigenvalue weighted by Gasteiger charge is 2.15. The minimum atomic E-state index is -0.643. The molecule has 0 unspecified atom stereocenters. The number of carbonyl (C=O) groups is 1. The van der Waals surface area contributed by atoms with E-state index in [1.54, 1.807) is 0 Å². The van der Waals surface area contributed by atoms with Gasteiger partial charge >= 0.3 is 0 Å². The first-order valence-electron chi connectivity index (χ1n) is 6.71. The Labute approximate surface area is 131 Å². The molecule has 4 nitrogen and oxygen atoms in total. The first-order valence-corrected chi connectivity index (χ1v) is 7.09. The lowest BCUT2D eigenvalue weighted by atomic mass is 10.2. The van der Waals surface area contributed by atoms with Crippen LogP contribution in [0.25, 0.3) is 5.65 Å². The number of hydrogen-bond acceptors (Lipinski definition) is 2. The average molecular weight is 318 g/mol. The van der Waals surface area contributed by atoms with Crippen LogP contribution >= 0.6 is 11.6 Å². The van der Waals surface area contributed by atoms with Gasteiger partial charge in [-0.15, -0.1) is 0 Å². The summed E-state index contributed by atoms with van der Waals surface area (Å²) in [6, 6.07) is 8.03. The minimum absolute atomic E-state index is 0.0864. The van der Waals surface area contributed by atoms with E-state index in [0.29, 0.717) is 5.69 Å². The number of aryl methyl sites for hydroxylation is 1. The zero-order valence-electron chi connectivity index (χ0n) is 11.8. The van der Waals surface area contributed by atoms with Crippen molar-refractivity contribution in [2.24, 2.45) is 0 Å². The molecular weight excluding hydrogens is 305 g/mol. The summed E-state index contributed by atoms with van der Waals surface area (Å²) in [5, 5.41) is 2.72. The molecule has 0 aliphatic carbocycles. The van der Waals surface area contributed by atoms with Gasteiger partial charge in [-0.2, -0.15) is 0 Å². The Morgan fingerprint density at radius 3 is 2.91 bits per heavy atom. The molecule has 0 fully saturated rings. The molecule has 1 aromatic carbocycles. The molecule has 0 radical (unpaired) electrons. The predicted octanol–water partition coefficient (Wildman–Crippen LogP) is 3.37. The molecule has 0 atom stereocenters. The number of nitrogens with one attached hydrogen (secondary N) is 1. The third kappa shape index (κ3) is 2.67. The Morgan fingerprint density at radius 1 is 1.36 bits per heavy atom. The van der Waals surface area contributed by atoms with E-state index in [1.165, 1.54) is 18.2 Å². The molecule has 1 N–H and O–H groups in total. The van der Waals surface area contributed by atoms with E-state index >= 15 is 0 Å². The van der Waals surface area contributed by atoms with Crippen molar-refractivity contribution in [2.75, 3.05) is 0 Å². The Morgan fingerprint density at radius 2 is 2.18 bits per heavy atom. The summed E-state index contributed by atoms with van der Waals surface area (Å²) in [6.45, 7) is 2.16. The maximum Gasteiger partial charge on any atom is 0.256 e. The zero-order chi connectivity index (χ0) is 15.7. The molecule has 3 aromatic rings. The van der Waals surface area contributed by atoms with Gasteiger partial charge in [-0.3, -0.25) is 4.79 Å². The van der Waals surface area contributed by atoms with Gasteiger partial charge in [-0.05, 0) is 30.7 Å². The SMILES string of the molecule is Cc1cccn2cc(CNC(=O)c3c(F)cccc3Cl)nc12. The van der Waals surface area contributed by atoms with Crippen molar-refractivity contribution in [3.05, 3.63) is 70.4 Å². The molecule has 6 heteroatoms. The Kier molecular flexibility index (Phi) is 3.81. The highest BCUT2D eigenvalue weighted by molar-refractivity contribution is 6.33. The van der Waals surface area contributed by atoms with Crippen LogP contribution in [0.2, 0.25) is 5.02 Å². The first-order chi connectivity index (χ1) is 10.6. The molecule has 0 aliphatic rings. The van der Waals surface area contributed by atoms with Crippen LogP contribution in [0.5, 0.6) is 0 Å². The molecule has 2 heterocycles. The zero-order valence-corrected chi connectivity index (χ0v) is 12.6. The van der Waals surface area contributed by atoms with Crippen molar-refractivity contribution in [3.8, 4) is 0 Å². The second-order valence-corrected chi connectivity index (χ2v) is 5.34. The van der Waals surface area contributed by atoms with Crippen LogP contribution in [0.4, 0.5) is 4.39 Å². The summed E-state index contributed by atoms with van der Waals surface area (Å²) in [5.74, 6) is -1.20. The highest BCUT2D eigenvalue weighted by Crippen LogP contribution is 2.19. The quantitative estimate of drug-likeness (QED) is 0.805. The number of rotatable bonds is 3. The van der Waals surface area contributed by atoms with Crippen molar-refractivity contribution >= 4 is 23.2 Å². The molecule has 112 valence electrons. The number of aromatic nitrogens is 2. The monoisotopic (exact) mass is 317 g/mol. The Hall–Kier alpha value is -2.40. The molecule has 0 saturated heterocycles. The number of halogens is 2. The van der Waals surface area contributed by atoms with E-state index in [0.717, 1.165) is 11.2 Å². The van der Waals surface area contributed by atoms with Gasteiger partial charge in [0.05, 0.1) is 22.8 Å². The molecule has 2 aromatic heterocycles. The van der Waals surface area contributed by atoms with Gasteiger partial charge < -0.3 is 9.72 Å². The van der Waals surface area contributed by atoms with E-state index in [2.05, 4.69) is 10.3 Å². The van der Waals surface area contributed by atoms with E-state index in [4.69, 9.17) is 11.6 Å². The molecular formula is C16H13ClFN3O. The van der Waals surface area contributed by atoms with Gasteiger partial charge in [0.2, 0.25) is 0 Å². The van der Waals surface area contributed by atoms with Crippen molar-refractivity contribution < 1.29 is 9.18 Å². The Balaban J connectivity index is 1.79. The fourth-order valence-electron chi connectivity index (χ4n) is 2.26. The number of carbonyl (C=O) groups excluding carboxylic acids is 1. The number of hydrogen-bond donors (Lipinski definition) is 1. The van der Waals surface area contributed by atoms with Crippen LogP contribution in [-0.2, 0) is 6.54 Å². The summed E-state index contributed by atoms with van der Waals surface area (Å²) in [6.07, 6.45) is 3.71. The van der Waals surface area contributed by atoms with E-state index in [-0.39, 0.29) is 17.1 Å². The molecule has 0 saturated carbocycles. The minimum Gasteiger partial charge on any atom is -0.346 e. The lowest BCUT2D eigenvalue weighted by Gasteiger charge is -2.06. The second kappa shape index (κ2) is 5.77. The first kappa shape index (κ1) is 14.5. The molecule has 0 aliphatic heterocycles. The van der Waals surface area contributed by atoms with Crippen LogP contribution in [-0.4, -0.2) is 15.3 Å². The van der Waals surface area contributed by atoms with Gasteiger partial charge in [0.15, 0.2) is 0 Å². The largest absolute Gasteiger partial charge is 0.346 e. The number of fused-ring (bicyclic) bond motifs is 1. The number of pyridine rings is 1. The fourth-order valence-corrected chi connectivity index (χ4v) is 2.51. The lowest BCUT2D eigenvalue weighted by Crippen LogP contribution is -2.24. The van der Waals surface area contributed by atoms with E-state index in [1.807, 2.05) is 35.9 Å². The number of amides is 1. The predicted molar refractivity (Wildman–Crippen MR) is 82.5 cm³/mol. The summed E-state index contributed by atoms with van der Waals surface area (Å²) in [7, 11) is 0. The van der Waals surface area contributed by atoms with E-state index in [9.17, 15) is 9.18 Å². The van der Waals surface area contributed by atoms with Gasteiger partial charge in [0.25, 0.3) is 5.91 Å². The van der Waals surface area contributed by atoms with Crippen molar-refractivity contribution in [1.29, 1.82) is 0 Å². The lowest BCUT2D eigenvalue weighted by molar-refractivity contribution is 0.0946. The van der Waals surface area contributed by atoms with Crippen molar-refractivity contribution in [3.63, 3.8) is 0 Å². The van der Waals surface area contributed by atoms with E-state index < -0.39 is 11.7 Å². The fraction of sp³-hybridized carbons (Fsp3) is 0.125. The summed E-state index contributed by atoms with van der Waals surface area (Å²) < 4.78 is 15.6. The van der Waals surface area contributed by atoms with Crippen LogP contribution in [0.3, 0.4) is 0 Å². The van der Waals surface area contributed by atoms with Gasteiger partial charge in [0, 0.05) is 12.4 Å². The van der Waals surface area contributed by atoms with Crippen LogP contribution in [0.15, 0.2) is 42.7 Å². The van der Waals surface area contributed by atoms with Gasteiger partial charge in [0.1, 0.15) is 11.5 Å². The molecule has 1 amide bonds. The second-order valence-electron chi connectivity index (χ2n) is 4.93. The van der Waals surface area contributed by atoms with Crippen LogP contribution in [0.1, 0.15) is 21.6 Å². The Bertz CT molecular complexity index is 839. The number of imidazole rings is 1. The smallest absolute Gasteiger partial charge is 0.256 e. The van der Waals surface area contributed by atoms with Crippen LogP contribution in [0, 0.1) is 12.7 Å². The number of nitrogens with zero attached hydrogens (tertiary/aromatic N) is 2. The normalized spacial score (nSPS) is 10.9. The molecule has 0 bridgehead atoms. The summed E-state index contributed by atoms with van der Waals surface area (Å²) >= 11 is 5.87. The van der Waals surface area contributed by atoms with Crippen molar-refractivity contribution in [1.82, 2.24) is 14.7 Å². The topological polar surface area (TPSA) is 46.4 Å². The average Bonchev–Trinajstić information content (AvgIpc) is 2.89.